The molecule has 5 rings (SSSR count). The Bertz CT molecular complexity index is 1320. The van der Waals surface area contributed by atoms with Crippen LogP contribution in [0.15, 0.2) is 59.5 Å². The molecule has 0 spiro atoms. The summed E-state index contributed by atoms with van der Waals surface area (Å²) in [7, 11) is 0. The van der Waals surface area contributed by atoms with Crippen LogP contribution in [-0.4, -0.2) is 15.6 Å². The monoisotopic (exact) mass is 347 g/mol. The standard InChI is InChI=1S/C20H10FNO4/c21-14-6-5-12-17-19(14)26-16-8-11-4-2-1-3-10(11)7-15(16)22(17)9-13(18(12)23)20(24)25/h1-9H,(H,24,25). The first-order chi connectivity index (χ1) is 12.5. The predicted octanol–water partition coefficient (Wildman–Crippen LogP) is 4.09. The lowest BCUT2D eigenvalue weighted by Crippen LogP contribution is -2.20. The number of pyridine rings is 1. The van der Waals surface area contributed by atoms with Gasteiger partial charge in [0, 0.05) is 6.20 Å². The van der Waals surface area contributed by atoms with Crippen LogP contribution >= 0.6 is 0 Å². The van der Waals surface area contributed by atoms with Crippen LogP contribution in [-0.2, 0) is 0 Å². The van der Waals surface area contributed by atoms with Crippen LogP contribution in [0.1, 0.15) is 10.4 Å². The molecule has 0 aliphatic carbocycles. The Balaban J connectivity index is 1.99. The summed E-state index contributed by atoms with van der Waals surface area (Å²) in [5.41, 5.74) is -0.272. The smallest absolute Gasteiger partial charge is 0.341 e. The number of halogens is 1. The van der Waals surface area contributed by atoms with Gasteiger partial charge >= 0.3 is 5.97 Å². The second-order valence-electron chi connectivity index (χ2n) is 6.09. The fourth-order valence-corrected chi connectivity index (χ4v) is 3.39. The van der Waals surface area contributed by atoms with Crippen LogP contribution in [0.5, 0.6) is 11.5 Å². The third kappa shape index (κ3) is 1.84. The molecule has 1 aliphatic rings. The Morgan fingerprint density at radius 2 is 1.81 bits per heavy atom. The summed E-state index contributed by atoms with van der Waals surface area (Å²) in [6.07, 6.45) is 1.23. The second kappa shape index (κ2) is 4.92. The van der Waals surface area contributed by atoms with E-state index in [0.717, 1.165) is 16.8 Å². The first-order valence-corrected chi connectivity index (χ1v) is 7.87. The van der Waals surface area contributed by atoms with Crippen LogP contribution in [0.2, 0.25) is 0 Å². The van der Waals surface area contributed by atoms with Gasteiger partial charge in [0.1, 0.15) is 11.1 Å². The summed E-state index contributed by atoms with van der Waals surface area (Å²) in [4.78, 5) is 24.0. The number of rotatable bonds is 1. The van der Waals surface area contributed by atoms with Gasteiger partial charge < -0.3 is 14.4 Å². The number of aromatic carboxylic acids is 1. The lowest BCUT2D eigenvalue weighted by Gasteiger charge is -2.24. The molecular weight excluding hydrogens is 337 g/mol. The summed E-state index contributed by atoms with van der Waals surface area (Å²) < 4.78 is 21.7. The number of ether oxygens (including phenoxy) is 1. The Kier molecular flexibility index (Phi) is 2.77. The average Bonchev–Trinajstić information content (AvgIpc) is 2.63. The van der Waals surface area contributed by atoms with Crippen LogP contribution in [0.4, 0.5) is 4.39 Å². The molecular formula is C20H10FNO4. The van der Waals surface area contributed by atoms with E-state index in [9.17, 15) is 19.1 Å². The molecule has 0 saturated heterocycles. The minimum atomic E-state index is -1.33. The fraction of sp³-hybridized carbons (Fsp3) is 0. The lowest BCUT2D eigenvalue weighted by atomic mass is 10.1. The van der Waals surface area contributed by atoms with Gasteiger partial charge in [-0.1, -0.05) is 24.3 Å². The van der Waals surface area contributed by atoms with E-state index in [-0.39, 0.29) is 22.2 Å². The molecule has 0 radical (unpaired) electrons. The Hall–Kier alpha value is -3.67. The van der Waals surface area contributed by atoms with E-state index in [4.69, 9.17) is 4.74 Å². The number of nitrogens with zero attached hydrogens (tertiary/aromatic N) is 1. The van der Waals surface area contributed by atoms with Crippen molar-refractivity contribution >= 4 is 27.6 Å². The largest absolute Gasteiger partial charge is 0.477 e. The number of aromatic nitrogens is 1. The van der Waals surface area contributed by atoms with Gasteiger partial charge in [-0.3, -0.25) is 4.79 Å². The van der Waals surface area contributed by atoms with E-state index in [1.54, 1.807) is 6.07 Å². The second-order valence-corrected chi connectivity index (χ2v) is 6.09. The molecule has 1 aliphatic heterocycles. The van der Waals surface area contributed by atoms with Crippen molar-refractivity contribution < 1.29 is 19.0 Å². The van der Waals surface area contributed by atoms with E-state index < -0.39 is 17.2 Å². The molecule has 2 heterocycles. The summed E-state index contributed by atoms with van der Waals surface area (Å²) >= 11 is 0. The van der Waals surface area contributed by atoms with Gasteiger partial charge in [-0.05, 0) is 35.0 Å². The SMILES string of the molecule is O=C(O)c1cn2c3c(c(F)ccc3c1=O)Oc1cc3ccccc3cc1-2. The van der Waals surface area contributed by atoms with Crippen molar-refractivity contribution in [1.29, 1.82) is 0 Å². The molecule has 26 heavy (non-hydrogen) atoms. The van der Waals surface area contributed by atoms with Gasteiger partial charge in [0.2, 0.25) is 5.43 Å². The molecule has 0 saturated carbocycles. The van der Waals surface area contributed by atoms with Gasteiger partial charge in [-0.2, -0.15) is 0 Å². The molecule has 0 atom stereocenters. The van der Waals surface area contributed by atoms with Gasteiger partial charge in [-0.15, -0.1) is 0 Å². The third-order valence-corrected chi connectivity index (χ3v) is 4.60. The number of carboxylic acids is 1. The predicted molar refractivity (Wildman–Crippen MR) is 94.0 cm³/mol. The summed E-state index contributed by atoms with van der Waals surface area (Å²) in [5, 5.41) is 11.3. The number of hydrogen-bond donors (Lipinski definition) is 1. The zero-order chi connectivity index (χ0) is 18.0. The average molecular weight is 347 g/mol. The Morgan fingerprint density at radius 3 is 2.54 bits per heavy atom. The molecule has 3 aromatic carbocycles. The van der Waals surface area contributed by atoms with Crippen LogP contribution in [0, 0.1) is 5.82 Å². The summed E-state index contributed by atoms with van der Waals surface area (Å²) in [5.74, 6) is -1.64. The van der Waals surface area contributed by atoms with E-state index in [0.29, 0.717) is 11.4 Å². The van der Waals surface area contributed by atoms with E-state index in [1.165, 1.54) is 16.8 Å². The molecule has 0 bridgehead atoms. The van der Waals surface area contributed by atoms with E-state index in [1.807, 2.05) is 30.3 Å². The van der Waals surface area contributed by atoms with Crippen LogP contribution in [0.25, 0.3) is 27.4 Å². The molecule has 6 heteroatoms. The van der Waals surface area contributed by atoms with Crippen LogP contribution < -0.4 is 10.2 Å². The molecule has 126 valence electrons. The quantitative estimate of drug-likeness (QED) is 0.496. The minimum absolute atomic E-state index is 0.0840. The van der Waals surface area contributed by atoms with E-state index >= 15 is 0 Å². The van der Waals surface area contributed by atoms with Gasteiger partial charge in [0.25, 0.3) is 0 Å². The highest BCUT2D eigenvalue weighted by molar-refractivity contribution is 5.97. The zero-order valence-corrected chi connectivity index (χ0v) is 13.2. The highest BCUT2D eigenvalue weighted by atomic mass is 19.1. The fourth-order valence-electron chi connectivity index (χ4n) is 3.39. The highest BCUT2D eigenvalue weighted by Crippen LogP contribution is 2.42. The number of fused-ring (bicyclic) bond motifs is 3. The zero-order valence-electron chi connectivity index (χ0n) is 13.2. The van der Waals surface area contributed by atoms with Crippen molar-refractivity contribution in [1.82, 2.24) is 4.57 Å². The first kappa shape index (κ1) is 14.7. The molecule has 1 aromatic heterocycles. The highest BCUT2D eigenvalue weighted by Gasteiger charge is 2.26. The van der Waals surface area contributed by atoms with Crippen molar-refractivity contribution in [3.05, 3.63) is 76.3 Å². The maximum absolute atomic E-state index is 14.4. The lowest BCUT2D eigenvalue weighted by molar-refractivity contribution is 0.0695. The molecule has 5 nitrogen and oxygen atoms in total. The maximum Gasteiger partial charge on any atom is 0.341 e. The number of benzene rings is 3. The van der Waals surface area contributed by atoms with Gasteiger partial charge in [-0.25, -0.2) is 9.18 Å². The van der Waals surface area contributed by atoms with Gasteiger partial charge in [0.05, 0.1) is 11.1 Å². The third-order valence-electron chi connectivity index (χ3n) is 4.60. The van der Waals surface area contributed by atoms with Crippen molar-refractivity contribution in [3.63, 3.8) is 0 Å². The van der Waals surface area contributed by atoms with Gasteiger partial charge in [0.15, 0.2) is 17.3 Å². The van der Waals surface area contributed by atoms with Crippen LogP contribution in [0.3, 0.4) is 0 Å². The first-order valence-electron chi connectivity index (χ1n) is 7.87. The number of carbonyl (C=O) groups is 1. The molecule has 4 aromatic rings. The maximum atomic E-state index is 14.4. The Labute approximate surface area is 145 Å². The van der Waals surface area contributed by atoms with Crippen molar-refractivity contribution in [2.24, 2.45) is 0 Å². The summed E-state index contributed by atoms with van der Waals surface area (Å²) in [6, 6.07) is 13.6. The van der Waals surface area contributed by atoms with Crippen molar-refractivity contribution in [3.8, 4) is 17.2 Å². The van der Waals surface area contributed by atoms with Crippen molar-refractivity contribution in [2.75, 3.05) is 0 Å². The number of hydrogen-bond acceptors (Lipinski definition) is 3. The Morgan fingerprint density at radius 1 is 1.08 bits per heavy atom. The van der Waals surface area contributed by atoms with Crippen molar-refractivity contribution in [2.45, 2.75) is 0 Å². The summed E-state index contributed by atoms with van der Waals surface area (Å²) in [6.45, 7) is 0. The molecule has 0 fully saturated rings. The molecule has 0 amide bonds. The molecule has 0 unspecified atom stereocenters. The molecule has 1 N–H and O–H groups in total. The van der Waals surface area contributed by atoms with E-state index in [2.05, 4.69) is 0 Å². The normalized spacial score (nSPS) is 12.0. The minimum Gasteiger partial charge on any atom is -0.477 e. The number of carboxylic acid groups (broad SMARTS) is 1. The topological polar surface area (TPSA) is 68.5 Å².